The van der Waals surface area contributed by atoms with Crippen molar-refractivity contribution in [2.75, 3.05) is 0 Å². The highest BCUT2D eigenvalue weighted by Crippen LogP contribution is 2.29. The highest BCUT2D eigenvalue weighted by Gasteiger charge is 2.09. The molecule has 0 saturated carbocycles. The molecule has 3 heterocycles. The highest BCUT2D eigenvalue weighted by atomic mass is 32.1. The maximum Gasteiger partial charge on any atom is 0.345 e. The maximum atomic E-state index is 12.2. The normalized spacial score (nSPS) is 11.5. The summed E-state index contributed by atoms with van der Waals surface area (Å²) in [5.41, 5.74) is 0.944. The second kappa shape index (κ2) is 5.99. The molecule has 2 nitrogen and oxygen atoms in total. The van der Waals surface area contributed by atoms with E-state index < -0.39 is 0 Å². The molecular weight excluding hydrogens is 324 g/mol. The van der Waals surface area contributed by atoms with Crippen LogP contribution < -0.4 is 5.63 Å². The number of thiophene rings is 2. The standard InChI is InChI=1S/C19H12O2S2/c20-19-16(12-13-4-1-2-6-17(13)21-19)18-10-9-15(23-18)8-7-14-5-3-11-22-14/h1-12H/b8-7+. The van der Waals surface area contributed by atoms with E-state index in [0.29, 0.717) is 11.1 Å². The van der Waals surface area contributed by atoms with Crippen LogP contribution in [0.15, 0.2) is 69.2 Å². The van der Waals surface area contributed by atoms with Crippen molar-refractivity contribution in [3.63, 3.8) is 0 Å². The average molecular weight is 336 g/mol. The fraction of sp³-hybridized carbons (Fsp3) is 0. The molecule has 0 aliphatic heterocycles. The Kier molecular flexibility index (Phi) is 3.69. The van der Waals surface area contributed by atoms with Crippen LogP contribution >= 0.6 is 22.7 Å². The molecule has 4 aromatic rings. The number of rotatable bonds is 3. The second-order valence-corrected chi connectivity index (χ2v) is 7.13. The number of fused-ring (bicyclic) bond motifs is 1. The summed E-state index contributed by atoms with van der Waals surface area (Å²) >= 11 is 3.29. The van der Waals surface area contributed by atoms with Crippen molar-refractivity contribution in [2.24, 2.45) is 0 Å². The lowest BCUT2D eigenvalue weighted by Gasteiger charge is -1.99. The summed E-state index contributed by atoms with van der Waals surface area (Å²) in [6.45, 7) is 0. The zero-order chi connectivity index (χ0) is 15.6. The molecule has 1 aromatic carbocycles. The third kappa shape index (κ3) is 2.91. The molecule has 0 aliphatic rings. The summed E-state index contributed by atoms with van der Waals surface area (Å²) in [6.07, 6.45) is 4.16. The zero-order valence-electron chi connectivity index (χ0n) is 12.1. The van der Waals surface area contributed by atoms with E-state index in [1.54, 1.807) is 22.7 Å². The van der Waals surface area contributed by atoms with E-state index in [1.165, 1.54) is 4.88 Å². The van der Waals surface area contributed by atoms with E-state index in [2.05, 4.69) is 23.6 Å². The van der Waals surface area contributed by atoms with Gasteiger partial charge in [-0.1, -0.05) is 24.3 Å². The lowest BCUT2D eigenvalue weighted by Crippen LogP contribution is -2.01. The number of benzene rings is 1. The molecule has 0 fully saturated rings. The first kappa shape index (κ1) is 14.2. The van der Waals surface area contributed by atoms with Crippen LogP contribution in [-0.4, -0.2) is 0 Å². The van der Waals surface area contributed by atoms with E-state index in [4.69, 9.17) is 4.42 Å². The number of hydrogen-bond acceptors (Lipinski definition) is 4. The van der Waals surface area contributed by atoms with Crippen LogP contribution in [0.2, 0.25) is 0 Å². The van der Waals surface area contributed by atoms with Crippen molar-refractivity contribution in [3.8, 4) is 10.4 Å². The first-order valence-corrected chi connectivity index (χ1v) is 8.84. The average Bonchev–Trinajstić information content (AvgIpc) is 3.24. The van der Waals surface area contributed by atoms with Gasteiger partial charge >= 0.3 is 5.63 Å². The van der Waals surface area contributed by atoms with E-state index in [1.807, 2.05) is 48.5 Å². The summed E-state index contributed by atoms with van der Waals surface area (Å²) in [4.78, 5) is 15.5. The summed E-state index contributed by atoms with van der Waals surface area (Å²) in [6, 6.07) is 17.6. The van der Waals surface area contributed by atoms with Gasteiger partial charge in [-0.3, -0.25) is 0 Å². The molecule has 0 unspecified atom stereocenters. The van der Waals surface area contributed by atoms with Gasteiger partial charge < -0.3 is 4.42 Å². The molecule has 112 valence electrons. The van der Waals surface area contributed by atoms with Gasteiger partial charge in [0.15, 0.2) is 0 Å². The lowest BCUT2D eigenvalue weighted by molar-refractivity contribution is 0.564. The third-order valence-corrected chi connectivity index (χ3v) is 5.41. The van der Waals surface area contributed by atoms with Gasteiger partial charge in [-0.05, 0) is 47.9 Å². The summed E-state index contributed by atoms with van der Waals surface area (Å²) in [5, 5.41) is 2.99. The van der Waals surface area contributed by atoms with Gasteiger partial charge in [-0.2, -0.15) is 0 Å². The van der Waals surface area contributed by atoms with Crippen LogP contribution in [0.25, 0.3) is 33.6 Å². The van der Waals surface area contributed by atoms with Crippen molar-refractivity contribution >= 4 is 45.8 Å². The van der Waals surface area contributed by atoms with Gasteiger partial charge in [0.1, 0.15) is 5.58 Å². The van der Waals surface area contributed by atoms with Crippen LogP contribution in [0.5, 0.6) is 0 Å². The Hall–Kier alpha value is -2.43. The van der Waals surface area contributed by atoms with Crippen LogP contribution in [-0.2, 0) is 0 Å². The molecular formula is C19H12O2S2. The predicted molar refractivity (Wildman–Crippen MR) is 99.0 cm³/mol. The lowest BCUT2D eigenvalue weighted by atomic mass is 10.1. The second-order valence-electron chi connectivity index (χ2n) is 5.04. The molecule has 0 saturated heterocycles. The Balaban J connectivity index is 1.71. The summed E-state index contributed by atoms with van der Waals surface area (Å²) in [7, 11) is 0. The van der Waals surface area contributed by atoms with Gasteiger partial charge in [-0.15, -0.1) is 22.7 Å². The Labute approximate surface area is 141 Å². The van der Waals surface area contributed by atoms with E-state index in [0.717, 1.165) is 15.1 Å². The van der Waals surface area contributed by atoms with E-state index >= 15 is 0 Å². The topological polar surface area (TPSA) is 30.2 Å². The monoisotopic (exact) mass is 336 g/mol. The van der Waals surface area contributed by atoms with Gasteiger partial charge in [0.25, 0.3) is 0 Å². The quantitative estimate of drug-likeness (QED) is 0.446. The van der Waals surface area contributed by atoms with Crippen LogP contribution in [0.1, 0.15) is 9.75 Å². The summed E-state index contributed by atoms with van der Waals surface area (Å²) < 4.78 is 5.41. The van der Waals surface area contributed by atoms with Crippen molar-refractivity contribution in [2.45, 2.75) is 0 Å². The zero-order valence-corrected chi connectivity index (χ0v) is 13.7. The minimum Gasteiger partial charge on any atom is -0.422 e. The highest BCUT2D eigenvalue weighted by molar-refractivity contribution is 7.16. The van der Waals surface area contributed by atoms with Crippen LogP contribution in [0.3, 0.4) is 0 Å². The van der Waals surface area contributed by atoms with Crippen molar-refractivity contribution in [1.29, 1.82) is 0 Å². The molecule has 0 N–H and O–H groups in total. The minimum atomic E-state index is -0.292. The Morgan fingerprint density at radius 1 is 0.913 bits per heavy atom. The van der Waals surface area contributed by atoms with Crippen LogP contribution in [0, 0.1) is 0 Å². The third-order valence-electron chi connectivity index (χ3n) is 3.49. The number of hydrogen-bond donors (Lipinski definition) is 0. The first-order chi connectivity index (χ1) is 11.3. The Morgan fingerprint density at radius 3 is 2.65 bits per heavy atom. The largest absolute Gasteiger partial charge is 0.422 e. The van der Waals surface area contributed by atoms with Gasteiger partial charge in [0.2, 0.25) is 0 Å². The van der Waals surface area contributed by atoms with E-state index in [-0.39, 0.29) is 5.63 Å². The predicted octanol–water partition coefficient (Wildman–Crippen LogP) is 5.75. The van der Waals surface area contributed by atoms with Gasteiger partial charge in [0, 0.05) is 20.0 Å². The van der Waals surface area contributed by atoms with Gasteiger partial charge in [0.05, 0.1) is 5.56 Å². The molecule has 0 atom stereocenters. The summed E-state index contributed by atoms with van der Waals surface area (Å²) in [5.74, 6) is 0. The molecule has 0 radical (unpaired) electrons. The Morgan fingerprint density at radius 2 is 1.78 bits per heavy atom. The number of para-hydroxylation sites is 1. The molecule has 4 rings (SSSR count). The molecule has 0 bridgehead atoms. The van der Waals surface area contributed by atoms with Crippen LogP contribution in [0.4, 0.5) is 0 Å². The molecule has 23 heavy (non-hydrogen) atoms. The fourth-order valence-corrected chi connectivity index (χ4v) is 3.90. The van der Waals surface area contributed by atoms with Crippen molar-refractivity contribution in [1.82, 2.24) is 0 Å². The van der Waals surface area contributed by atoms with Crippen molar-refractivity contribution in [3.05, 3.63) is 80.2 Å². The smallest absolute Gasteiger partial charge is 0.345 e. The van der Waals surface area contributed by atoms with Gasteiger partial charge in [-0.25, -0.2) is 4.79 Å². The first-order valence-electron chi connectivity index (χ1n) is 7.14. The van der Waals surface area contributed by atoms with Crippen molar-refractivity contribution < 1.29 is 4.42 Å². The molecule has 4 heteroatoms. The molecule has 0 spiro atoms. The SMILES string of the molecule is O=c1oc2ccccc2cc1-c1ccc(/C=C/c2cccs2)s1. The molecule has 0 aliphatic carbocycles. The Bertz CT molecular complexity index is 1040. The fourth-order valence-electron chi connectivity index (χ4n) is 2.37. The minimum absolute atomic E-state index is 0.292. The molecule has 3 aromatic heterocycles. The molecule has 0 amide bonds. The maximum absolute atomic E-state index is 12.2. The van der Waals surface area contributed by atoms with E-state index in [9.17, 15) is 4.79 Å².